The molecule has 0 saturated heterocycles. The van der Waals surface area contributed by atoms with Gasteiger partial charge in [0.1, 0.15) is 5.56 Å². The normalized spacial score (nSPS) is 8.23. The molecule has 0 aromatic carbocycles. The van der Waals surface area contributed by atoms with Crippen LogP contribution in [-0.4, -0.2) is 18.1 Å². The van der Waals surface area contributed by atoms with Crippen LogP contribution >= 0.6 is 0 Å². The van der Waals surface area contributed by atoms with Crippen LogP contribution in [-0.2, 0) is 4.74 Å². The van der Waals surface area contributed by atoms with Crippen LogP contribution in [0.25, 0.3) is 0 Å². The molecule has 1 rings (SSSR count). The lowest BCUT2D eigenvalue weighted by Gasteiger charge is -2.00. The van der Waals surface area contributed by atoms with Gasteiger partial charge in [-0.3, -0.25) is 4.98 Å². The van der Waals surface area contributed by atoms with Crippen LogP contribution in [0.2, 0.25) is 0 Å². The molecule has 72 valence electrons. The van der Waals surface area contributed by atoms with Gasteiger partial charge in [-0.15, -0.1) is 0 Å². The van der Waals surface area contributed by atoms with Gasteiger partial charge in [0.05, 0.1) is 7.11 Å². The van der Waals surface area contributed by atoms with E-state index in [0.29, 0.717) is 11.3 Å². The zero-order valence-electron chi connectivity index (χ0n) is 8.07. The molecule has 4 heteroatoms. The first-order valence-electron chi connectivity index (χ1n) is 4.03. The molecule has 0 fully saturated rings. The smallest absolute Gasteiger partial charge is 0.341 e. The number of hydrogen-bond donors (Lipinski definition) is 1. The highest BCUT2D eigenvalue weighted by atomic mass is 16.5. The number of ether oxygens (including phenoxy) is 1. The van der Waals surface area contributed by atoms with E-state index in [1.807, 2.05) is 13.8 Å². The van der Waals surface area contributed by atoms with E-state index in [0.717, 1.165) is 0 Å². The summed E-state index contributed by atoms with van der Waals surface area (Å²) < 4.78 is 4.46. The second-order valence-corrected chi connectivity index (χ2v) is 1.95. The van der Waals surface area contributed by atoms with Crippen LogP contribution in [0.5, 0.6) is 0 Å². The quantitative estimate of drug-likeness (QED) is 0.668. The molecule has 0 radical (unpaired) electrons. The number of aromatic nitrogens is 1. The fourth-order valence-corrected chi connectivity index (χ4v) is 0.686. The van der Waals surface area contributed by atoms with Gasteiger partial charge in [-0.2, -0.15) is 0 Å². The minimum absolute atomic E-state index is 0.301. The van der Waals surface area contributed by atoms with Crippen LogP contribution in [0.4, 0.5) is 5.69 Å². The summed E-state index contributed by atoms with van der Waals surface area (Å²) in [4.78, 5) is 14.6. The second-order valence-electron chi connectivity index (χ2n) is 1.95. The first-order chi connectivity index (χ1) is 6.25. The molecule has 1 heterocycles. The summed E-state index contributed by atoms with van der Waals surface area (Å²) in [6.07, 6.45) is 2.89. The molecule has 1 aromatic heterocycles. The lowest BCUT2D eigenvalue weighted by molar-refractivity contribution is 0.0601. The number of methoxy groups -OCH3 is 1. The van der Waals surface area contributed by atoms with Crippen LogP contribution in [0.15, 0.2) is 18.5 Å². The van der Waals surface area contributed by atoms with Crippen molar-refractivity contribution in [3.05, 3.63) is 24.0 Å². The van der Waals surface area contributed by atoms with E-state index in [4.69, 9.17) is 5.73 Å². The molecule has 13 heavy (non-hydrogen) atoms. The molecule has 4 nitrogen and oxygen atoms in total. The van der Waals surface area contributed by atoms with Crippen molar-refractivity contribution in [1.82, 2.24) is 4.98 Å². The number of nitrogens with zero attached hydrogens (tertiary/aromatic N) is 1. The van der Waals surface area contributed by atoms with Crippen LogP contribution in [0.3, 0.4) is 0 Å². The van der Waals surface area contributed by atoms with Crippen molar-refractivity contribution in [2.75, 3.05) is 12.8 Å². The summed E-state index contributed by atoms with van der Waals surface area (Å²) in [5.41, 5.74) is 6.14. The summed E-state index contributed by atoms with van der Waals surface area (Å²) in [6.45, 7) is 4.00. The second kappa shape index (κ2) is 5.99. The molecule has 0 saturated carbocycles. The SMILES string of the molecule is CC.COC(=O)c1cnccc1N. The largest absolute Gasteiger partial charge is 0.465 e. The van der Waals surface area contributed by atoms with Crippen molar-refractivity contribution in [2.45, 2.75) is 13.8 Å². The van der Waals surface area contributed by atoms with Gasteiger partial charge in [0, 0.05) is 18.1 Å². The van der Waals surface area contributed by atoms with E-state index in [1.165, 1.54) is 19.5 Å². The standard InChI is InChI=1S/C7H8N2O2.C2H6/c1-11-7(10)5-4-9-3-2-6(5)8;1-2/h2-4H,1H3,(H2,8,9);1-2H3. The first kappa shape index (κ1) is 11.4. The minimum atomic E-state index is -0.462. The van der Waals surface area contributed by atoms with Crippen LogP contribution in [0.1, 0.15) is 24.2 Å². The fourth-order valence-electron chi connectivity index (χ4n) is 0.686. The third-order valence-corrected chi connectivity index (χ3v) is 1.26. The third-order valence-electron chi connectivity index (χ3n) is 1.26. The number of nitrogen functional groups attached to an aromatic ring is 1. The Labute approximate surface area is 77.7 Å². The van der Waals surface area contributed by atoms with Crippen molar-refractivity contribution < 1.29 is 9.53 Å². The van der Waals surface area contributed by atoms with Gasteiger partial charge in [0.2, 0.25) is 0 Å². The third kappa shape index (κ3) is 3.11. The van der Waals surface area contributed by atoms with Crippen molar-refractivity contribution in [2.24, 2.45) is 0 Å². The Bertz CT molecular complexity index is 274. The fraction of sp³-hybridized carbons (Fsp3) is 0.333. The Morgan fingerprint density at radius 3 is 2.62 bits per heavy atom. The summed E-state index contributed by atoms with van der Waals surface area (Å²) >= 11 is 0. The number of carbonyl (C=O) groups is 1. The number of esters is 1. The summed E-state index contributed by atoms with van der Waals surface area (Å²) in [7, 11) is 1.30. The van der Waals surface area contributed by atoms with Crippen LogP contribution < -0.4 is 5.73 Å². The molecule has 1 aromatic rings. The molecular formula is C9H14N2O2. The monoisotopic (exact) mass is 182 g/mol. The number of pyridine rings is 1. The van der Waals surface area contributed by atoms with Gasteiger partial charge >= 0.3 is 5.97 Å². The molecule has 0 aliphatic heterocycles. The molecule has 2 N–H and O–H groups in total. The summed E-state index contributed by atoms with van der Waals surface area (Å²) in [6, 6.07) is 1.55. The minimum Gasteiger partial charge on any atom is -0.465 e. The van der Waals surface area contributed by atoms with Gasteiger partial charge in [-0.05, 0) is 6.07 Å². The van der Waals surface area contributed by atoms with Gasteiger partial charge in [-0.1, -0.05) is 13.8 Å². The highest BCUT2D eigenvalue weighted by Crippen LogP contribution is 2.08. The highest BCUT2D eigenvalue weighted by Gasteiger charge is 2.07. The van der Waals surface area contributed by atoms with E-state index < -0.39 is 5.97 Å². The maximum atomic E-state index is 10.9. The Hall–Kier alpha value is -1.58. The van der Waals surface area contributed by atoms with E-state index in [-0.39, 0.29) is 0 Å². The summed E-state index contributed by atoms with van der Waals surface area (Å²) in [5.74, 6) is -0.462. The van der Waals surface area contributed by atoms with Gasteiger partial charge < -0.3 is 10.5 Å². The highest BCUT2D eigenvalue weighted by molar-refractivity contribution is 5.94. The molecule has 0 spiro atoms. The Kier molecular flexibility index (Phi) is 5.27. The predicted molar refractivity (Wildman–Crippen MR) is 51.3 cm³/mol. The predicted octanol–water partition coefficient (Wildman–Crippen LogP) is 1.48. The topological polar surface area (TPSA) is 65.2 Å². The van der Waals surface area contributed by atoms with E-state index in [1.54, 1.807) is 6.07 Å². The summed E-state index contributed by atoms with van der Waals surface area (Å²) in [5, 5.41) is 0. The first-order valence-corrected chi connectivity index (χ1v) is 4.03. The average Bonchev–Trinajstić information content (AvgIpc) is 2.20. The van der Waals surface area contributed by atoms with Gasteiger partial charge in [0.15, 0.2) is 0 Å². The maximum Gasteiger partial charge on any atom is 0.341 e. The van der Waals surface area contributed by atoms with Crippen molar-refractivity contribution in [3.63, 3.8) is 0 Å². The number of rotatable bonds is 1. The Balaban J connectivity index is 0.000000671. The van der Waals surface area contributed by atoms with Gasteiger partial charge in [-0.25, -0.2) is 4.79 Å². The molecular weight excluding hydrogens is 168 g/mol. The molecule has 0 bridgehead atoms. The maximum absolute atomic E-state index is 10.9. The number of carbonyl (C=O) groups excluding carboxylic acids is 1. The lowest BCUT2D eigenvalue weighted by atomic mass is 10.2. The average molecular weight is 182 g/mol. The number of nitrogens with two attached hydrogens (primary N) is 1. The molecule has 0 amide bonds. The molecule has 0 atom stereocenters. The van der Waals surface area contributed by atoms with Crippen molar-refractivity contribution in [3.8, 4) is 0 Å². The zero-order valence-corrected chi connectivity index (χ0v) is 8.07. The van der Waals surface area contributed by atoms with Crippen molar-refractivity contribution in [1.29, 1.82) is 0 Å². The lowest BCUT2D eigenvalue weighted by Crippen LogP contribution is -2.05. The number of hydrogen-bond acceptors (Lipinski definition) is 4. The van der Waals surface area contributed by atoms with E-state index in [9.17, 15) is 4.79 Å². The Morgan fingerprint density at radius 1 is 1.54 bits per heavy atom. The molecule has 0 aliphatic rings. The molecule has 0 unspecified atom stereocenters. The molecule has 0 aliphatic carbocycles. The van der Waals surface area contributed by atoms with Crippen LogP contribution in [0, 0.1) is 0 Å². The van der Waals surface area contributed by atoms with Gasteiger partial charge in [0.25, 0.3) is 0 Å². The van der Waals surface area contributed by atoms with E-state index >= 15 is 0 Å². The zero-order chi connectivity index (χ0) is 10.3. The Morgan fingerprint density at radius 2 is 2.15 bits per heavy atom. The van der Waals surface area contributed by atoms with E-state index in [2.05, 4.69) is 9.72 Å². The van der Waals surface area contributed by atoms with Crippen molar-refractivity contribution >= 4 is 11.7 Å². The number of anilines is 1.